The van der Waals surface area contributed by atoms with Crippen LogP contribution in [0.5, 0.6) is 0 Å². The number of hydrazine groups is 1. The van der Waals surface area contributed by atoms with E-state index in [1.54, 1.807) is 6.07 Å². The molecular formula is C12H11N5OS2. The number of hydrogen-bond donors (Lipinski definition) is 2. The lowest BCUT2D eigenvalue weighted by atomic mass is 10.3. The molecule has 8 heteroatoms. The van der Waals surface area contributed by atoms with Crippen LogP contribution in [0.4, 0.5) is 5.82 Å². The summed E-state index contributed by atoms with van der Waals surface area (Å²) in [5.74, 6) is 5.96. The van der Waals surface area contributed by atoms with E-state index in [2.05, 4.69) is 20.4 Å². The van der Waals surface area contributed by atoms with Crippen LogP contribution in [0.1, 0.15) is 0 Å². The number of oxazole rings is 1. The van der Waals surface area contributed by atoms with Crippen LogP contribution in [0.25, 0.3) is 11.1 Å². The summed E-state index contributed by atoms with van der Waals surface area (Å²) in [6, 6.07) is 9.37. The van der Waals surface area contributed by atoms with Gasteiger partial charge in [0.15, 0.2) is 10.7 Å². The van der Waals surface area contributed by atoms with Gasteiger partial charge in [0.05, 0.1) is 0 Å². The SMILES string of the molecule is CSc1nc(NN)cc(Sc2nc3ccccc3o2)n1. The number of benzene rings is 1. The molecule has 20 heavy (non-hydrogen) atoms. The fourth-order valence-corrected chi connectivity index (χ4v) is 2.80. The van der Waals surface area contributed by atoms with Gasteiger partial charge in [0, 0.05) is 6.07 Å². The van der Waals surface area contributed by atoms with Gasteiger partial charge in [0.2, 0.25) is 0 Å². The van der Waals surface area contributed by atoms with Gasteiger partial charge in [-0.1, -0.05) is 23.9 Å². The van der Waals surface area contributed by atoms with E-state index in [1.165, 1.54) is 23.5 Å². The first-order valence-corrected chi connectivity index (χ1v) is 7.76. The molecular weight excluding hydrogens is 294 g/mol. The molecule has 0 aliphatic heterocycles. The van der Waals surface area contributed by atoms with E-state index in [-0.39, 0.29) is 0 Å². The van der Waals surface area contributed by atoms with Crippen LogP contribution in [-0.2, 0) is 0 Å². The molecule has 0 radical (unpaired) electrons. The van der Waals surface area contributed by atoms with Crippen molar-refractivity contribution in [1.29, 1.82) is 0 Å². The number of aromatic nitrogens is 3. The number of nitrogen functional groups attached to an aromatic ring is 1. The standard InChI is InChI=1S/C12H11N5OS2/c1-19-11-15-9(17-13)6-10(16-11)20-12-14-7-4-2-3-5-8(7)18-12/h2-6H,13H2,1H3,(H,15,16,17). The van der Waals surface area contributed by atoms with Gasteiger partial charge in [-0.2, -0.15) is 0 Å². The molecule has 0 spiro atoms. The van der Waals surface area contributed by atoms with Crippen molar-refractivity contribution in [3.05, 3.63) is 30.3 Å². The Bertz CT molecular complexity index is 690. The molecule has 0 bridgehead atoms. The highest BCUT2D eigenvalue weighted by atomic mass is 32.2. The molecule has 0 fully saturated rings. The lowest BCUT2D eigenvalue weighted by Gasteiger charge is -2.03. The van der Waals surface area contributed by atoms with E-state index in [0.29, 0.717) is 16.2 Å². The molecule has 0 atom stereocenters. The summed E-state index contributed by atoms with van der Waals surface area (Å²) in [6.45, 7) is 0. The Balaban J connectivity index is 1.93. The Labute approximate surface area is 123 Å². The minimum Gasteiger partial charge on any atom is -0.431 e. The van der Waals surface area contributed by atoms with Crippen LogP contribution in [0, 0.1) is 0 Å². The van der Waals surface area contributed by atoms with Gasteiger partial charge in [0.25, 0.3) is 5.22 Å². The van der Waals surface area contributed by atoms with E-state index < -0.39 is 0 Å². The third kappa shape index (κ3) is 2.72. The summed E-state index contributed by atoms with van der Waals surface area (Å²) in [5.41, 5.74) is 4.11. The number of anilines is 1. The monoisotopic (exact) mass is 305 g/mol. The average Bonchev–Trinajstić information content (AvgIpc) is 2.88. The second kappa shape index (κ2) is 5.70. The van der Waals surface area contributed by atoms with Crippen LogP contribution < -0.4 is 11.3 Å². The first-order valence-electron chi connectivity index (χ1n) is 5.71. The van der Waals surface area contributed by atoms with E-state index in [1.807, 2.05) is 30.5 Å². The molecule has 3 aromatic rings. The zero-order chi connectivity index (χ0) is 13.9. The summed E-state index contributed by atoms with van der Waals surface area (Å²) in [6.07, 6.45) is 1.91. The normalized spacial score (nSPS) is 10.9. The van der Waals surface area contributed by atoms with Gasteiger partial charge in [-0.3, -0.25) is 0 Å². The summed E-state index contributed by atoms with van der Waals surface area (Å²) >= 11 is 2.78. The highest BCUT2D eigenvalue weighted by molar-refractivity contribution is 7.99. The highest BCUT2D eigenvalue weighted by Crippen LogP contribution is 2.30. The Morgan fingerprint density at radius 3 is 2.80 bits per heavy atom. The topological polar surface area (TPSA) is 89.9 Å². The smallest absolute Gasteiger partial charge is 0.263 e. The molecule has 6 nitrogen and oxygen atoms in total. The molecule has 3 N–H and O–H groups in total. The minimum absolute atomic E-state index is 0.542. The first kappa shape index (κ1) is 13.2. The Hall–Kier alpha value is -1.77. The Morgan fingerprint density at radius 1 is 1.20 bits per heavy atom. The number of rotatable bonds is 4. The van der Waals surface area contributed by atoms with Crippen molar-refractivity contribution in [3.8, 4) is 0 Å². The summed E-state index contributed by atoms with van der Waals surface area (Å²) < 4.78 is 5.65. The molecule has 3 rings (SSSR count). The van der Waals surface area contributed by atoms with Crippen LogP contribution in [-0.4, -0.2) is 21.2 Å². The number of nitrogens with one attached hydrogen (secondary N) is 1. The van der Waals surface area contributed by atoms with E-state index in [9.17, 15) is 0 Å². The maximum absolute atomic E-state index is 5.65. The fourth-order valence-electron chi connectivity index (χ4n) is 1.61. The largest absolute Gasteiger partial charge is 0.431 e. The summed E-state index contributed by atoms with van der Waals surface area (Å²) in [7, 11) is 0. The van der Waals surface area contributed by atoms with Crippen molar-refractivity contribution >= 4 is 40.4 Å². The third-order valence-electron chi connectivity index (χ3n) is 2.48. The Morgan fingerprint density at radius 2 is 2.05 bits per heavy atom. The van der Waals surface area contributed by atoms with Crippen molar-refractivity contribution in [2.75, 3.05) is 11.7 Å². The maximum atomic E-state index is 5.65. The van der Waals surface area contributed by atoms with Gasteiger partial charge in [-0.15, -0.1) is 0 Å². The van der Waals surface area contributed by atoms with Crippen LogP contribution in [0.2, 0.25) is 0 Å². The molecule has 1 aromatic carbocycles. The highest BCUT2D eigenvalue weighted by Gasteiger charge is 2.10. The van der Waals surface area contributed by atoms with Crippen molar-refractivity contribution < 1.29 is 4.42 Å². The molecule has 0 saturated heterocycles. The molecule has 2 aromatic heterocycles. The summed E-state index contributed by atoms with van der Waals surface area (Å²) in [4.78, 5) is 13.0. The average molecular weight is 305 g/mol. The van der Waals surface area contributed by atoms with Gasteiger partial charge in [-0.25, -0.2) is 20.8 Å². The van der Waals surface area contributed by atoms with Crippen LogP contribution in [0.15, 0.2) is 50.2 Å². The van der Waals surface area contributed by atoms with Crippen molar-refractivity contribution in [3.63, 3.8) is 0 Å². The second-order valence-corrected chi connectivity index (χ2v) is 5.52. The molecule has 0 aliphatic carbocycles. The molecule has 2 heterocycles. The van der Waals surface area contributed by atoms with E-state index in [0.717, 1.165) is 16.1 Å². The van der Waals surface area contributed by atoms with Gasteiger partial charge in [0.1, 0.15) is 16.4 Å². The van der Waals surface area contributed by atoms with Crippen molar-refractivity contribution in [2.24, 2.45) is 5.84 Å². The van der Waals surface area contributed by atoms with Gasteiger partial charge < -0.3 is 9.84 Å². The van der Waals surface area contributed by atoms with Crippen LogP contribution >= 0.6 is 23.5 Å². The number of nitrogens with two attached hydrogens (primary N) is 1. The zero-order valence-corrected chi connectivity index (χ0v) is 12.2. The van der Waals surface area contributed by atoms with E-state index in [4.69, 9.17) is 10.3 Å². The predicted molar refractivity (Wildman–Crippen MR) is 79.8 cm³/mol. The predicted octanol–water partition coefficient (Wildman–Crippen LogP) is 2.78. The third-order valence-corrected chi connectivity index (χ3v) is 3.79. The molecule has 0 amide bonds. The molecule has 0 aliphatic rings. The fraction of sp³-hybridized carbons (Fsp3) is 0.0833. The lowest BCUT2D eigenvalue weighted by molar-refractivity contribution is 0.489. The number of fused-ring (bicyclic) bond motifs is 1. The molecule has 0 unspecified atom stereocenters. The number of para-hydroxylation sites is 2. The minimum atomic E-state index is 0.542. The molecule has 102 valence electrons. The van der Waals surface area contributed by atoms with Crippen molar-refractivity contribution in [2.45, 2.75) is 15.4 Å². The second-order valence-electron chi connectivity index (χ2n) is 3.77. The first-order chi connectivity index (χ1) is 9.78. The summed E-state index contributed by atoms with van der Waals surface area (Å²) in [5, 5.41) is 1.91. The Kier molecular flexibility index (Phi) is 3.77. The van der Waals surface area contributed by atoms with Gasteiger partial charge in [-0.05, 0) is 30.2 Å². The van der Waals surface area contributed by atoms with Crippen LogP contribution in [0.3, 0.4) is 0 Å². The quantitative estimate of drug-likeness (QED) is 0.250. The maximum Gasteiger partial charge on any atom is 0.263 e. The van der Waals surface area contributed by atoms with Gasteiger partial charge >= 0.3 is 0 Å². The number of thioether (sulfide) groups is 1. The number of nitrogens with zero attached hydrogens (tertiary/aromatic N) is 3. The number of hydrogen-bond acceptors (Lipinski definition) is 8. The zero-order valence-electron chi connectivity index (χ0n) is 10.5. The molecule has 0 saturated carbocycles. The lowest BCUT2D eigenvalue weighted by Crippen LogP contribution is -2.09. The van der Waals surface area contributed by atoms with Crippen molar-refractivity contribution in [1.82, 2.24) is 15.0 Å². The van der Waals surface area contributed by atoms with E-state index >= 15 is 0 Å².